The molecule has 0 bridgehead atoms. The highest BCUT2D eigenvalue weighted by atomic mass is 35.5. The van der Waals surface area contributed by atoms with Crippen molar-refractivity contribution in [1.82, 2.24) is 0 Å². The Hall–Kier alpha value is -3.17. The highest BCUT2D eigenvalue weighted by molar-refractivity contribution is 6.53. The Morgan fingerprint density at radius 2 is 1.48 bits per heavy atom. The third-order valence-corrected chi connectivity index (χ3v) is 4.63. The Kier molecular flexibility index (Phi) is 4.86. The van der Waals surface area contributed by atoms with Gasteiger partial charge < -0.3 is 5.32 Å². The molecule has 3 nitrogen and oxygen atoms in total. The monoisotopic (exact) mass is 372 g/mol. The molecule has 3 aromatic rings. The minimum Gasteiger partial charge on any atom is -0.355 e. The second kappa shape index (κ2) is 7.60. The highest BCUT2D eigenvalue weighted by Crippen LogP contribution is 2.27. The van der Waals surface area contributed by atoms with E-state index in [1.165, 1.54) is 0 Å². The average Bonchev–Trinajstić information content (AvgIpc) is 2.71. The fourth-order valence-corrected chi connectivity index (χ4v) is 3.12. The third kappa shape index (κ3) is 3.83. The number of halogens is 1. The van der Waals surface area contributed by atoms with Crippen molar-refractivity contribution >= 4 is 34.5 Å². The number of para-hydroxylation sites is 1. The van der Waals surface area contributed by atoms with Gasteiger partial charge in [0.05, 0.1) is 6.54 Å². The molecule has 0 saturated carbocycles. The summed E-state index contributed by atoms with van der Waals surface area (Å²) in [6, 6.07) is 25.0. The van der Waals surface area contributed by atoms with E-state index in [-0.39, 0.29) is 5.78 Å². The van der Waals surface area contributed by atoms with Crippen molar-refractivity contribution in [3.05, 3.63) is 107 Å². The molecule has 0 fully saturated rings. The van der Waals surface area contributed by atoms with E-state index in [2.05, 4.69) is 10.3 Å². The quantitative estimate of drug-likeness (QED) is 0.644. The van der Waals surface area contributed by atoms with Gasteiger partial charge in [-0.25, -0.2) is 0 Å². The van der Waals surface area contributed by atoms with Gasteiger partial charge in [0, 0.05) is 27.5 Å². The largest absolute Gasteiger partial charge is 0.355 e. The van der Waals surface area contributed by atoms with Crippen molar-refractivity contribution in [2.45, 2.75) is 6.54 Å². The minimum absolute atomic E-state index is 0.0572. The summed E-state index contributed by atoms with van der Waals surface area (Å²) in [4.78, 5) is 17.4. The van der Waals surface area contributed by atoms with Crippen LogP contribution in [0.3, 0.4) is 0 Å². The van der Waals surface area contributed by atoms with E-state index < -0.39 is 0 Å². The van der Waals surface area contributed by atoms with Crippen LogP contribution in [0, 0.1) is 0 Å². The van der Waals surface area contributed by atoms with E-state index in [0.717, 1.165) is 22.5 Å². The number of nitrogens with zero attached hydrogens (tertiary/aromatic N) is 1. The number of fused-ring (bicyclic) bond motifs is 1. The molecule has 0 radical (unpaired) electrons. The summed E-state index contributed by atoms with van der Waals surface area (Å²) in [7, 11) is 0. The zero-order valence-corrected chi connectivity index (χ0v) is 15.3. The number of carbonyl (C=O) groups excluding carboxylic acids is 1. The number of hydrogen-bond acceptors (Lipinski definition) is 3. The fourth-order valence-electron chi connectivity index (χ4n) is 3.00. The smallest absolute Gasteiger partial charge is 0.211 e. The molecule has 0 unspecified atom stereocenters. The maximum atomic E-state index is 12.9. The van der Waals surface area contributed by atoms with Crippen LogP contribution in [0.15, 0.2) is 89.9 Å². The minimum atomic E-state index is -0.0572. The number of aliphatic imine (C=N–C) groups is 1. The Morgan fingerprint density at radius 3 is 2.22 bits per heavy atom. The normalized spacial score (nSPS) is 14.6. The average molecular weight is 373 g/mol. The van der Waals surface area contributed by atoms with Crippen LogP contribution in [-0.2, 0) is 6.54 Å². The summed E-state index contributed by atoms with van der Waals surface area (Å²) < 4.78 is 0. The van der Waals surface area contributed by atoms with E-state index in [4.69, 9.17) is 11.6 Å². The molecule has 0 saturated heterocycles. The number of nitrogens with one attached hydrogen (secondary N) is 1. The molecule has 3 aromatic carbocycles. The summed E-state index contributed by atoms with van der Waals surface area (Å²) in [6.07, 6.45) is 1.83. The molecule has 4 rings (SSSR count). The third-order valence-electron chi connectivity index (χ3n) is 4.37. The first kappa shape index (κ1) is 17.3. The van der Waals surface area contributed by atoms with Gasteiger partial charge >= 0.3 is 0 Å². The van der Waals surface area contributed by atoms with Crippen LogP contribution in [0.5, 0.6) is 0 Å². The zero-order chi connectivity index (χ0) is 18.6. The van der Waals surface area contributed by atoms with Gasteiger partial charge in [-0.3, -0.25) is 9.79 Å². The zero-order valence-electron chi connectivity index (χ0n) is 14.5. The molecule has 1 aliphatic rings. The van der Waals surface area contributed by atoms with Crippen molar-refractivity contribution < 1.29 is 4.79 Å². The number of allylic oxidation sites excluding steroid dienone is 1. The van der Waals surface area contributed by atoms with Gasteiger partial charge in [-0.1, -0.05) is 66.2 Å². The predicted molar refractivity (Wildman–Crippen MR) is 111 cm³/mol. The molecular formula is C23H17ClN2O. The first-order valence-corrected chi connectivity index (χ1v) is 9.05. The number of benzene rings is 3. The van der Waals surface area contributed by atoms with Crippen LogP contribution >= 0.6 is 11.6 Å². The van der Waals surface area contributed by atoms with Gasteiger partial charge in [0.15, 0.2) is 0 Å². The number of carbonyl (C=O) groups is 1. The Labute approximate surface area is 163 Å². The molecule has 0 spiro atoms. The maximum absolute atomic E-state index is 12.9. The first-order chi connectivity index (χ1) is 13.2. The van der Waals surface area contributed by atoms with Gasteiger partial charge in [-0.15, -0.1) is 0 Å². The number of Topliss-reactive ketones (excluding diaryl/α,β-unsaturated/α-hetero) is 1. The van der Waals surface area contributed by atoms with E-state index >= 15 is 0 Å². The predicted octanol–water partition coefficient (Wildman–Crippen LogP) is 5.63. The number of hydrogen-bond donors (Lipinski definition) is 1. The summed E-state index contributed by atoms with van der Waals surface area (Å²) >= 11 is 5.93. The summed E-state index contributed by atoms with van der Waals surface area (Å²) in [5.74, 6) is -0.0572. The van der Waals surface area contributed by atoms with Crippen LogP contribution in [0.2, 0.25) is 5.02 Å². The molecule has 4 heteroatoms. The lowest BCUT2D eigenvalue weighted by atomic mass is 9.92. The molecule has 0 aromatic heterocycles. The molecular weight excluding hydrogens is 356 g/mol. The van der Waals surface area contributed by atoms with Crippen molar-refractivity contribution in [1.29, 1.82) is 0 Å². The Morgan fingerprint density at radius 1 is 0.815 bits per heavy atom. The van der Waals surface area contributed by atoms with Crippen LogP contribution in [0.25, 0.3) is 5.70 Å². The van der Waals surface area contributed by atoms with E-state index in [9.17, 15) is 4.79 Å². The molecule has 0 amide bonds. The van der Waals surface area contributed by atoms with Crippen molar-refractivity contribution in [2.75, 3.05) is 5.32 Å². The van der Waals surface area contributed by atoms with Gasteiger partial charge in [0.2, 0.25) is 5.78 Å². The first-order valence-electron chi connectivity index (χ1n) is 8.67. The highest BCUT2D eigenvalue weighted by Gasteiger charge is 2.23. The fraction of sp³-hybridized carbons (Fsp3) is 0.0435. The van der Waals surface area contributed by atoms with Gasteiger partial charge in [0.1, 0.15) is 5.71 Å². The van der Waals surface area contributed by atoms with Gasteiger partial charge in [-0.05, 0) is 35.9 Å². The Balaban J connectivity index is 1.69. The standard InChI is InChI=1S/C23H17ClN2O/c24-17-12-10-16(11-13-17)15-25-22-14-21(26-18-6-2-1-3-7-18)19-8-4-5-9-20(19)23(22)27/h1-14,26H,15H2. The molecule has 132 valence electrons. The summed E-state index contributed by atoms with van der Waals surface area (Å²) in [6.45, 7) is 0.426. The molecule has 1 N–H and O–H groups in total. The van der Waals surface area contributed by atoms with Crippen LogP contribution in [0.4, 0.5) is 5.69 Å². The van der Waals surface area contributed by atoms with E-state index in [1.807, 2.05) is 84.9 Å². The number of rotatable bonds is 4. The lowest BCUT2D eigenvalue weighted by molar-refractivity contribution is 0.106. The topological polar surface area (TPSA) is 41.5 Å². The number of anilines is 1. The van der Waals surface area contributed by atoms with Gasteiger partial charge in [0.25, 0.3) is 0 Å². The molecule has 0 aliphatic heterocycles. The molecule has 27 heavy (non-hydrogen) atoms. The second-order valence-corrected chi connectivity index (χ2v) is 6.69. The lowest BCUT2D eigenvalue weighted by Gasteiger charge is -2.19. The Bertz CT molecular complexity index is 1040. The summed E-state index contributed by atoms with van der Waals surface area (Å²) in [5.41, 5.74) is 4.83. The van der Waals surface area contributed by atoms with Crippen LogP contribution in [-0.4, -0.2) is 11.5 Å². The molecule has 0 heterocycles. The van der Waals surface area contributed by atoms with E-state index in [1.54, 1.807) is 0 Å². The van der Waals surface area contributed by atoms with Gasteiger partial charge in [-0.2, -0.15) is 0 Å². The molecule has 1 aliphatic carbocycles. The van der Waals surface area contributed by atoms with Crippen LogP contribution < -0.4 is 5.32 Å². The number of ketones is 1. The van der Waals surface area contributed by atoms with Crippen molar-refractivity contribution in [3.63, 3.8) is 0 Å². The van der Waals surface area contributed by atoms with Crippen molar-refractivity contribution in [2.24, 2.45) is 4.99 Å². The maximum Gasteiger partial charge on any atom is 0.211 e. The SMILES string of the molecule is O=C1C(=NCc2ccc(Cl)cc2)C=C(Nc2ccccc2)c2ccccc21. The summed E-state index contributed by atoms with van der Waals surface area (Å²) in [5, 5.41) is 4.09. The lowest BCUT2D eigenvalue weighted by Crippen LogP contribution is -2.21. The molecule has 0 atom stereocenters. The van der Waals surface area contributed by atoms with E-state index in [0.29, 0.717) is 22.8 Å². The van der Waals surface area contributed by atoms with Crippen molar-refractivity contribution in [3.8, 4) is 0 Å². The second-order valence-electron chi connectivity index (χ2n) is 6.25. The van der Waals surface area contributed by atoms with Crippen LogP contribution in [0.1, 0.15) is 21.5 Å².